The van der Waals surface area contributed by atoms with Crippen molar-refractivity contribution in [3.8, 4) is 0 Å². The van der Waals surface area contributed by atoms with Crippen molar-refractivity contribution in [3.63, 3.8) is 0 Å². The molecule has 1 aliphatic carbocycles. The summed E-state index contributed by atoms with van der Waals surface area (Å²) in [5.41, 5.74) is 1.98. The van der Waals surface area contributed by atoms with Crippen molar-refractivity contribution in [2.24, 2.45) is 18.1 Å². The lowest BCUT2D eigenvalue weighted by Crippen LogP contribution is -2.48. The molecule has 9 heteroatoms. The summed E-state index contributed by atoms with van der Waals surface area (Å²) in [4.78, 5) is 32.4. The van der Waals surface area contributed by atoms with E-state index in [4.69, 9.17) is 9.84 Å². The largest absolute Gasteiger partial charge is 0.379 e. The Kier molecular flexibility index (Phi) is 7.65. The van der Waals surface area contributed by atoms with Crippen molar-refractivity contribution >= 4 is 28.9 Å². The van der Waals surface area contributed by atoms with Crippen molar-refractivity contribution < 1.29 is 14.3 Å². The summed E-state index contributed by atoms with van der Waals surface area (Å²) in [7, 11) is 2.00. The highest BCUT2D eigenvalue weighted by molar-refractivity contribution is 7.12. The summed E-state index contributed by atoms with van der Waals surface area (Å²) in [5.74, 6) is 0.0529. The second-order valence-electron chi connectivity index (χ2n) is 9.72. The van der Waals surface area contributed by atoms with Gasteiger partial charge in [0, 0.05) is 57.5 Å². The van der Waals surface area contributed by atoms with E-state index in [1.165, 1.54) is 0 Å². The van der Waals surface area contributed by atoms with Crippen LogP contribution in [0.15, 0.2) is 40.9 Å². The molecule has 0 N–H and O–H groups in total. The molecule has 8 nitrogen and oxygen atoms in total. The van der Waals surface area contributed by atoms with E-state index in [1.807, 2.05) is 30.8 Å². The standard InChI is InChI=1S/C26H35N5O3S/c1-28-10-4-8-22(28)23-18-21(24-9-5-17-35-24)27-31(23)25(32)19-30(26(33)20-6-2-3-7-20)12-11-29-13-15-34-16-14-29/h4-5,8-10,17,20,23H,2-3,6-7,11-16,18-19H2,1H3/t23-/m1/s1. The molecule has 2 aromatic rings. The van der Waals surface area contributed by atoms with Crippen molar-refractivity contribution in [1.82, 2.24) is 19.4 Å². The second-order valence-corrected chi connectivity index (χ2v) is 10.7. The number of morpholine rings is 1. The highest BCUT2D eigenvalue weighted by Gasteiger charge is 2.37. The predicted octanol–water partition coefficient (Wildman–Crippen LogP) is 3.12. The number of amides is 2. The molecule has 4 heterocycles. The molecule has 1 atom stereocenters. The number of hydrogen-bond donors (Lipinski definition) is 0. The topological polar surface area (TPSA) is 70.4 Å². The molecule has 2 fully saturated rings. The third kappa shape index (κ3) is 5.52. The first kappa shape index (κ1) is 24.2. The Morgan fingerprint density at radius 3 is 2.66 bits per heavy atom. The zero-order chi connectivity index (χ0) is 24.2. The van der Waals surface area contributed by atoms with Gasteiger partial charge in [-0.1, -0.05) is 18.9 Å². The minimum Gasteiger partial charge on any atom is -0.379 e. The monoisotopic (exact) mass is 497 g/mol. The maximum absolute atomic E-state index is 13.7. The van der Waals surface area contributed by atoms with Crippen LogP contribution in [0.4, 0.5) is 0 Å². The van der Waals surface area contributed by atoms with Crippen LogP contribution in [0.2, 0.25) is 0 Å². The van der Waals surface area contributed by atoms with Gasteiger partial charge in [-0.15, -0.1) is 11.3 Å². The van der Waals surface area contributed by atoms with Crippen LogP contribution in [0.25, 0.3) is 0 Å². The fourth-order valence-corrected chi connectivity index (χ4v) is 6.12. The average Bonchev–Trinajstić information content (AvgIpc) is 3.68. The fraction of sp³-hybridized carbons (Fsp3) is 0.577. The number of aryl methyl sites for hydroxylation is 1. The van der Waals surface area contributed by atoms with Gasteiger partial charge in [0.05, 0.1) is 23.8 Å². The molecule has 0 bridgehead atoms. The normalized spacial score (nSPS) is 21.5. The number of hydrazone groups is 1. The molecular weight excluding hydrogens is 462 g/mol. The first-order valence-electron chi connectivity index (χ1n) is 12.7. The lowest BCUT2D eigenvalue weighted by molar-refractivity contribution is -0.144. The number of thiophene rings is 1. The summed E-state index contributed by atoms with van der Waals surface area (Å²) in [5, 5.41) is 8.47. The van der Waals surface area contributed by atoms with E-state index in [-0.39, 0.29) is 30.3 Å². The Bertz CT molecular complexity index is 1040. The number of rotatable bonds is 8. The molecule has 3 aliphatic rings. The Balaban J connectivity index is 1.34. The highest BCUT2D eigenvalue weighted by atomic mass is 32.1. The van der Waals surface area contributed by atoms with Crippen LogP contribution in [0.1, 0.15) is 48.7 Å². The lowest BCUT2D eigenvalue weighted by Gasteiger charge is -2.32. The maximum atomic E-state index is 13.7. The van der Waals surface area contributed by atoms with Gasteiger partial charge in [-0.05, 0) is 36.4 Å². The van der Waals surface area contributed by atoms with Gasteiger partial charge in [-0.2, -0.15) is 5.10 Å². The summed E-state index contributed by atoms with van der Waals surface area (Å²) in [6.07, 6.45) is 6.72. The third-order valence-corrected chi connectivity index (χ3v) is 8.35. The van der Waals surface area contributed by atoms with Gasteiger partial charge in [-0.3, -0.25) is 14.5 Å². The molecule has 1 saturated carbocycles. The fourth-order valence-electron chi connectivity index (χ4n) is 5.40. The zero-order valence-corrected chi connectivity index (χ0v) is 21.3. The first-order chi connectivity index (χ1) is 17.1. The Labute approximate surface area is 211 Å². The average molecular weight is 498 g/mol. The van der Waals surface area contributed by atoms with Gasteiger partial charge >= 0.3 is 0 Å². The first-order valence-corrected chi connectivity index (χ1v) is 13.6. The lowest BCUT2D eigenvalue weighted by atomic mass is 10.1. The van der Waals surface area contributed by atoms with Gasteiger partial charge in [0.1, 0.15) is 12.6 Å². The predicted molar refractivity (Wildman–Crippen MR) is 136 cm³/mol. The molecule has 2 amide bonds. The third-order valence-electron chi connectivity index (χ3n) is 7.43. The van der Waals surface area contributed by atoms with Gasteiger partial charge in [0.15, 0.2) is 0 Å². The summed E-state index contributed by atoms with van der Waals surface area (Å²) in [6, 6.07) is 7.95. The van der Waals surface area contributed by atoms with E-state index in [1.54, 1.807) is 21.2 Å². The second kappa shape index (κ2) is 11.1. The minimum absolute atomic E-state index is 0.0416. The van der Waals surface area contributed by atoms with E-state index in [9.17, 15) is 9.59 Å². The molecule has 35 heavy (non-hydrogen) atoms. The maximum Gasteiger partial charge on any atom is 0.262 e. The Morgan fingerprint density at radius 1 is 1.17 bits per heavy atom. The number of ether oxygens (including phenoxy) is 1. The molecule has 0 aromatic carbocycles. The van der Waals surface area contributed by atoms with Crippen LogP contribution in [0.5, 0.6) is 0 Å². The van der Waals surface area contributed by atoms with Gasteiger partial charge < -0.3 is 14.2 Å². The highest BCUT2D eigenvalue weighted by Crippen LogP contribution is 2.34. The molecular formula is C26H35N5O3S. The molecule has 0 radical (unpaired) electrons. The van der Waals surface area contributed by atoms with Gasteiger partial charge in [0.2, 0.25) is 5.91 Å². The SMILES string of the molecule is Cn1cccc1[C@H]1CC(c2cccs2)=NN1C(=O)CN(CCN1CCOCC1)C(=O)C1CCCC1. The van der Waals surface area contributed by atoms with Crippen molar-refractivity contribution in [2.45, 2.75) is 38.1 Å². The van der Waals surface area contributed by atoms with E-state index < -0.39 is 0 Å². The van der Waals surface area contributed by atoms with Gasteiger partial charge in [0.25, 0.3) is 5.91 Å². The molecule has 188 valence electrons. The van der Waals surface area contributed by atoms with E-state index in [0.29, 0.717) is 13.0 Å². The number of aromatic nitrogens is 1. The number of hydrogen-bond acceptors (Lipinski definition) is 6. The van der Waals surface area contributed by atoms with Crippen LogP contribution >= 0.6 is 11.3 Å². The van der Waals surface area contributed by atoms with Crippen molar-refractivity contribution in [2.75, 3.05) is 45.9 Å². The molecule has 0 spiro atoms. The van der Waals surface area contributed by atoms with Crippen molar-refractivity contribution in [3.05, 3.63) is 46.4 Å². The quantitative estimate of drug-likeness (QED) is 0.562. The molecule has 2 aliphatic heterocycles. The smallest absolute Gasteiger partial charge is 0.262 e. The Morgan fingerprint density at radius 2 is 1.97 bits per heavy atom. The molecule has 2 aromatic heterocycles. The van der Waals surface area contributed by atoms with Crippen LogP contribution in [0, 0.1) is 5.92 Å². The molecule has 0 unspecified atom stereocenters. The van der Waals surface area contributed by atoms with E-state index in [2.05, 4.69) is 21.6 Å². The van der Waals surface area contributed by atoms with Crippen molar-refractivity contribution in [1.29, 1.82) is 0 Å². The number of carbonyl (C=O) groups excluding carboxylic acids is 2. The number of nitrogens with zero attached hydrogens (tertiary/aromatic N) is 5. The summed E-state index contributed by atoms with van der Waals surface area (Å²) < 4.78 is 7.52. The number of carbonyl (C=O) groups is 2. The summed E-state index contributed by atoms with van der Waals surface area (Å²) >= 11 is 1.64. The summed E-state index contributed by atoms with van der Waals surface area (Å²) in [6.45, 7) is 4.59. The van der Waals surface area contributed by atoms with Gasteiger partial charge in [-0.25, -0.2) is 5.01 Å². The molecule has 5 rings (SSSR count). The minimum atomic E-state index is -0.165. The molecule has 1 saturated heterocycles. The van der Waals surface area contributed by atoms with E-state index >= 15 is 0 Å². The van der Waals surface area contributed by atoms with Crippen LogP contribution in [0.3, 0.4) is 0 Å². The van der Waals surface area contributed by atoms with Crippen LogP contribution in [-0.2, 0) is 21.4 Å². The van der Waals surface area contributed by atoms with Crippen LogP contribution in [-0.4, -0.2) is 82.8 Å². The zero-order valence-electron chi connectivity index (χ0n) is 20.5. The van der Waals surface area contributed by atoms with E-state index in [0.717, 1.165) is 74.8 Å². The van der Waals surface area contributed by atoms with Crippen LogP contribution < -0.4 is 0 Å². The Hall–Kier alpha value is -2.49.